The first-order valence-corrected chi connectivity index (χ1v) is 9.56. The zero-order valence-electron chi connectivity index (χ0n) is 15.8. The molecule has 4 nitrogen and oxygen atoms in total. The van der Waals surface area contributed by atoms with E-state index in [0.717, 1.165) is 17.8 Å². The Labute approximate surface area is 165 Å². The predicted octanol–water partition coefficient (Wildman–Crippen LogP) is 4.56. The zero-order valence-corrected chi connectivity index (χ0v) is 15.8. The van der Waals surface area contributed by atoms with Crippen LogP contribution in [0.2, 0.25) is 0 Å². The quantitative estimate of drug-likeness (QED) is 0.676. The number of amides is 2. The van der Waals surface area contributed by atoms with Crippen LogP contribution >= 0.6 is 0 Å². The summed E-state index contributed by atoms with van der Waals surface area (Å²) in [7, 11) is 0. The van der Waals surface area contributed by atoms with Crippen molar-refractivity contribution in [2.45, 2.75) is 13.3 Å². The van der Waals surface area contributed by atoms with Crippen molar-refractivity contribution < 1.29 is 9.59 Å². The van der Waals surface area contributed by atoms with Gasteiger partial charge in [0.15, 0.2) is 0 Å². The fourth-order valence-corrected chi connectivity index (χ4v) is 3.70. The minimum Gasteiger partial charge on any atom is -0.309 e. The normalized spacial score (nSPS) is 12.5. The van der Waals surface area contributed by atoms with Gasteiger partial charge < -0.3 is 9.80 Å². The third-order valence-electron chi connectivity index (χ3n) is 5.12. The highest BCUT2D eigenvalue weighted by Crippen LogP contribution is 2.29. The molecule has 4 heteroatoms. The van der Waals surface area contributed by atoms with Gasteiger partial charge in [0, 0.05) is 35.6 Å². The Kier molecular flexibility index (Phi) is 4.94. The van der Waals surface area contributed by atoms with E-state index in [9.17, 15) is 9.59 Å². The summed E-state index contributed by atoms with van der Waals surface area (Å²) in [5, 5.41) is 0. The lowest BCUT2D eigenvalue weighted by molar-refractivity contribution is 0.0988. The third kappa shape index (κ3) is 3.29. The van der Waals surface area contributed by atoms with Crippen molar-refractivity contribution in [1.29, 1.82) is 0 Å². The molecule has 2 amide bonds. The van der Waals surface area contributed by atoms with Crippen LogP contribution in [0.1, 0.15) is 33.2 Å². The predicted molar refractivity (Wildman–Crippen MR) is 112 cm³/mol. The molecular weight excluding hydrogens is 348 g/mol. The Hall–Kier alpha value is -3.40. The minimum atomic E-state index is -0.106. The van der Waals surface area contributed by atoms with Crippen LogP contribution in [0.3, 0.4) is 0 Å². The fourth-order valence-electron chi connectivity index (χ4n) is 3.70. The SMILES string of the molecule is CCN(C(=O)c1cccc(C(=O)N2CCc3ccccc32)c1)c1ccccc1. The first kappa shape index (κ1) is 18.0. The van der Waals surface area contributed by atoms with E-state index in [-0.39, 0.29) is 11.8 Å². The molecule has 1 aliphatic rings. The molecule has 0 fully saturated rings. The molecule has 3 aromatic rings. The van der Waals surface area contributed by atoms with Crippen molar-refractivity contribution in [3.63, 3.8) is 0 Å². The lowest BCUT2D eigenvalue weighted by atomic mass is 10.1. The Morgan fingerprint density at radius 3 is 2.39 bits per heavy atom. The fraction of sp³-hybridized carbons (Fsp3) is 0.167. The lowest BCUT2D eigenvalue weighted by Gasteiger charge is -2.22. The van der Waals surface area contributed by atoms with Gasteiger partial charge in [-0.15, -0.1) is 0 Å². The van der Waals surface area contributed by atoms with E-state index in [1.165, 1.54) is 5.56 Å². The molecule has 0 radical (unpaired) electrons. The number of nitrogens with zero attached hydrogens (tertiary/aromatic N) is 2. The summed E-state index contributed by atoms with van der Waals surface area (Å²) in [5.41, 5.74) is 4.05. The van der Waals surface area contributed by atoms with Crippen molar-refractivity contribution in [2.24, 2.45) is 0 Å². The van der Waals surface area contributed by atoms with E-state index < -0.39 is 0 Å². The van der Waals surface area contributed by atoms with E-state index in [0.29, 0.717) is 24.2 Å². The molecule has 3 aromatic carbocycles. The van der Waals surface area contributed by atoms with Crippen LogP contribution in [0.15, 0.2) is 78.9 Å². The topological polar surface area (TPSA) is 40.6 Å². The smallest absolute Gasteiger partial charge is 0.258 e. The van der Waals surface area contributed by atoms with Crippen molar-refractivity contribution in [3.8, 4) is 0 Å². The molecule has 0 saturated heterocycles. The summed E-state index contributed by atoms with van der Waals surface area (Å²) in [5.74, 6) is -0.174. The van der Waals surface area contributed by atoms with Gasteiger partial charge in [-0.2, -0.15) is 0 Å². The van der Waals surface area contributed by atoms with Gasteiger partial charge in [-0.1, -0.05) is 42.5 Å². The van der Waals surface area contributed by atoms with Gasteiger partial charge in [0.1, 0.15) is 0 Å². The van der Waals surface area contributed by atoms with Crippen LogP contribution < -0.4 is 9.80 Å². The summed E-state index contributed by atoms with van der Waals surface area (Å²) in [6.45, 7) is 3.17. The largest absolute Gasteiger partial charge is 0.309 e. The van der Waals surface area contributed by atoms with Crippen molar-refractivity contribution in [3.05, 3.63) is 95.6 Å². The maximum atomic E-state index is 13.1. The first-order chi connectivity index (χ1) is 13.7. The number of hydrogen-bond acceptors (Lipinski definition) is 2. The van der Waals surface area contributed by atoms with E-state index >= 15 is 0 Å². The van der Waals surface area contributed by atoms with Gasteiger partial charge in [0.25, 0.3) is 11.8 Å². The molecule has 140 valence electrons. The number of carbonyl (C=O) groups excluding carboxylic acids is 2. The number of rotatable bonds is 4. The summed E-state index contributed by atoms with van der Waals surface area (Å²) in [6, 6.07) is 24.6. The Morgan fingerprint density at radius 1 is 0.893 bits per heavy atom. The van der Waals surface area contributed by atoms with Crippen LogP contribution in [0, 0.1) is 0 Å². The maximum absolute atomic E-state index is 13.1. The summed E-state index contributed by atoms with van der Waals surface area (Å²) in [4.78, 5) is 29.7. The van der Waals surface area contributed by atoms with Crippen LogP contribution in [-0.2, 0) is 6.42 Å². The molecule has 0 N–H and O–H groups in total. The average molecular weight is 370 g/mol. The molecular formula is C24H22N2O2. The number of para-hydroxylation sites is 2. The minimum absolute atomic E-state index is 0.0673. The first-order valence-electron chi connectivity index (χ1n) is 9.56. The second-order valence-electron chi connectivity index (χ2n) is 6.80. The molecule has 1 aliphatic heterocycles. The van der Waals surface area contributed by atoms with Gasteiger partial charge in [-0.3, -0.25) is 9.59 Å². The second kappa shape index (κ2) is 7.69. The molecule has 0 unspecified atom stereocenters. The highest BCUT2D eigenvalue weighted by Gasteiger charge is 2.26. The zero-order chi connectivity index (χ0) is 19.5. The lowest BCUT2D eigenvalue weighted by Crippen LogP contribution is -2.31. The monoisotopic (exact) mass is 370 g/mol. The number of hydrogen-bond donors (Lipinski definition) is 0. The van der Waals surface area contributed by atoms with Crippen molar-refractivity contribution in [1.82, 2.24) is 0 Å². The maximum Gasteiger partial charge on any atom is 0.258 e. The molecule has 28 heavy (non-hydrogen) atoms. The van der Waals surface area contributed by atoms with Crippen LogP contribution in [0.25, 0.3) is 0 Å². The van der Waals surface area contributed by atoms with Gasteiger partial charge >= 0.3 is 0 Å². The van der Waals surface area contributed by atoms with Crippen LogP contribution in [-0.4, -0.2) is 24.9 Å². The molecule has 0 aliphatic carbocycles. The highest BCUT2D eigenvalue weighted by atomic mass is 16.2. The molecule has 0 aromatic heterocycles. The molecule has 4 rings (SSSR count). The summed E-state index contributed by atoms with van der Waals surface area (Å²) < 4.78 is 0. The number of carbonyl (C=O) groups is 2. The van der Waals surface area contributed by atoms with Gasteiger partial charge in [0.2, 0.25) is 0 Å². The number of anilines is 2. The Balaban J connectivity index is 1.61. The summed E-state index contributed by atoms with van der Waals surface area (Å²) >= 11 is 0. The molecule has 0 spiro atoms. The van der Waals surface area contributed by atoms with Gasteiger partial charge in [-0.25, -0.2) is 0 Å². The van der Waals surface area contributed by atoms with E-state index in [2.05, 4.69) is 6.07 Å². The van der Waals surface area contributed by atoms with E-state index in [1.54, 1.807) is 34.1 Å². The van der Waals surface area contributed by atoms with Crippen molar-refractivity contribution in [2.75, 3.05) is 22.9 Å². The number of fused-ring (bicyclic) bond motifs is 1. The Morgan fingerprint density at radius 2 is 1.61 bits per heavy atom. The van der Waals surface area contributed by atoms with E-state index in [1.807, 2.05) is 55.5 Å². The molecule has 0 atom stereocenters. The van der Waals surface area contributed by atoms with Crippen LogP contribution in [0.5, 0.6) is 0 Å². The highest BCUT2D eigenvalue weighted by molar-refractivity contribution is 6.11. The van der Waals surface area contributed by atoms with Crippen molar-refractivity contribution >= 4 is 23.2 Å². The number of benzene rings is 3. The standard InChI is InChI=1S/C24H22N2O2/c1-2-25(21-12-4-3-5-13-21)23(27)19-10-8-11-20(17-19)24(28)26-16-15-18-9-6-7-14-22(18)26/h3-14,17H,2,15-16H2,1H3. The summed E-state index contributed by atoms with van der Waals surface area (Å²) in [6.07, 6.45) is 0.859. The molecule has 0 saturated carbocycles. The average Bonchev–Trinajstić information content (AvgIpc) is 3.19. The Bertz CT molecular complexity index is 985. The van der Waals surface area contributed by atoms with Gasteiger partial charge in [0.05, 0.1) is 0 Å². The molecule has 1 heterocycles. The molecule has 0 bridgehead atoms. The van der Waals surface area contributed by atoms with Gasteiger partial charge in [-0.05, 0) is 55.3 Å². The third-order valence-corrected chi connectivity index (χ3v) is 5.12. The van der Waals surface area contributed by atoms with E-state index in [4.69, 9.17) is 0 Å². The second-order valence-corrected chi connectivity index (χ2v) is 6.80. The van der Waals surface area contributed by atoms with Crippen LogP contribution in [0.4, 0.5) is 11.4 Å².